The standard InChI is InChI=1S/C19H34N2/c1-17-10-12-18(13-11-17)16-21(5)15-9-7-6-8-14-20-19(2,3)4/h10-13,20H,6-9,14-16H2,1-5H3. The number of hydrogen-bond acceptors (Lipinski definition) is 2. The van der Waals surface area contributed by atoms with Crippen LogP contribution in [0.5, 0.6) is 0 Å². The highest BCUT2D eigenvalue weighted by atomic mass is 15.1. The zero-order valence-corrected chi connectivity index (χ0v) is 14.7. The quantitative estimate of drug-likeness (QED) is 0.679. The van der Waals surface area contributed by atoms with Gasteiger partial charge >= 0.3 is 0 Å². The van der Waals surface area contributed by atoms with Gasteiger partial charge < -0.3 is 10.2 Å². The maximum Gasteiger partial charge on any atom is 0.0230 e. The summed E-state index contributed by atoms with van der Waals surface area (Å²) < 4.78 is 0. The first-order valence-corrected chi connectivity index (χ1v) is 8.36. The van der Waals surface area contributed by atoms with Crippen LogP contribution in [-0.2, 0) is 6.54 Å². The summed E-state index contributed by atoms with van der Waals surface area (Å²) in [6, 6.07) is 8.88. The molecule has 2 nitrogen and oxygen atoms in total. The molecule has 0 heterocycles. The van der Waals surface area contributed by atoms with Crippen molar-refractivity contribution in [2.24, 2.45) is 0 Å². The molecule has 21 heavy (non-hydrogen) atoms. The van der Waals surface area contributed by atoms with Crippen molar-refractivity contribution in [1.29, 1.82) is 0 Å². The Morgan fingerprint density at radius 3 is 2.19 bits per heavy atom. The third-order valence-electron chi connectivity index (χ3n) is 3.70. The topological polar surface area (TPSA) is 15.3 Å². The second-order valence-electron chi connectivity index (χ2n) is 7.31. The summed E-state index contributed by atoms with van der Waals surface area (Å²) in [5.74, 6) is 0. The fourth-order valence-corrected chi connectivity index (χ4v) is 2.41. The predicted octanol–water partition coefficient (Wildman–Crippen LogP) is 4.38. The van der Waals surface area contributed by atoms with Crippen LogP contribution in [0, 0.1) is 6.92 Å². The molecule has 0 saturated carbocycles. The van der Waals surface area contributed by atoms with E-state index in [4.69, 9.17) is 0 Å². The molecular weight excluding hydrogens is 256 g/mol. The molecule has 1 N–H and O–H groups in total. The summed E-state index contributed by atoms with van der Waals surface area (Å²) in [4.78, 5) is 2.43. The normalized spacial score (nSPS) is 12.1. The van der Waals surface area contributed by atoms with Crippen LogP contribution in [0.15, 0.2) is 24.3 Å². The van der Waals surface area contributed by atoms with Gasteiger partial charge in [-0.1, -0.05) is 42.7 Å². The van der Waals surface area contributed by atoms with E-state index in [9.17, 15) is 0 Å². The molecule has 0 saturated heterocycles. The predicted molar refractivity (Wildman–Crippen MR) is 93.7 cm³/mol. The molecule has 0 unspecified atom stereocenters. The zero-order valence-electron chi connectivity index (χ0n) is 14.7. The Morgan fingerprint density at radius 1 is 0.952 bits per heavy atom. The van der Waals surface area contributed by atoms with Gasteiger partial charge in [0.15, 0.2) is 0 Å². The number of nitrogens with one attached hydrogen (secondary N) is 1. The van der Waals surface area contributed by atoms with Crippen molar-refractivity contribution < 1.29 is 0 Å². The third kappa shape index (κ3) is 9.65. The van der Waals surface area contributed by atoms with E-state index in [-0.39, 0.29) is 5.54 Å². The highest BCUT2D eigenvalue weighted by molar-refractivity contribution is 5.21. The van der Waals surface area contributed by atoms with E-state index in [0.29, 0.717) is 0 Å². The van der Waals surface area contributed by atoms with Crippen molar-refractivity contribution in [2.45, 2.75) is 65.5 Å². The lowest BCUT2D eigenvalue weighted by Crippen LogP contribution is -2.36. The van der Waals surface area contributed by atoms with Gasteiger partial charge in [0.25, 0.3) is 0 Å². The molecule has 0 aromatic heterocycles. The summed E-state index contributed by atoms with van der Waals surface area (Å²) >= 11 is 0. The summed E-state index contributed by atoms with van der Waals surface area (Å²) in [6.45, 7) is 12.2. The average Bonchev–Trinajstić information content (AvgIpc) is 2.39. The Morgan fingerprint density at radius 2 is 1.57 bits per heavy atom. The number of benzene rings is 1. The molecular formula is C19H34N2. The minimum absolute atomic E-state index is 0.258. The fraction of sp³-hybridized carbons (Fsp3) is 0.684. The van der Waals surface area contributed by atoms with Crippen LogP contribution < -0.4 is 5.32 Å². The first-order valence-electron chi connectivity index (χ1n) is 8.36. The Bertz CT molecular complexity index is 376. The summed E-state index contributed by atoms with van der Waals surface area (Å²) in [7, 11) is 2.22. The maximum absolute atomic E-state index is 3.55. The van der Waals surface area contributed by atoms with Crippen LogP contribution in [0.25, 0.3) is 0 Å². The smallest absolute Gasteiger partial charge is 0.0230 e. The van der Waals surface area contributed by atoms with Crippen LogP contribution in [0.2, 0.25) is 0 Å². The first-order chi connectivity index (χ1) is 9.87. The van der Waals surface area contributed by atoms with Gasteiger partial charge in [0, 0.05) is 12.1 Å². The first kappa shape index (κ1) is 18.2. The molecule has 0 amide bonds. The van der Waals surface area contributed by atoms with Crippen molar-refractivity contribution >= 4 is 0 Å². The van der Waals surface area contributed by atoms with E-state index < -0.39 is 0 Å². The van der Waals surface area contributed by atoms with Crippen LogP contribution in [0.4, 0.5) is 0 Å². The molecule has 0 atom stereocenters. The van der Waals surface area contributed by atoms with Gasteiger partial charge in [-0.3, -0.25) is 0 Å². The molecule has 0 fully saturated rings. The molecule has 0 aliphatic rings. The Labute approximate surface area is 131 Å². The highest BCUT2D eigenvalue weighted by Gasteiger charge is 2.07. The van der Waals surface area contributed by atoms with Gasteiger partial charge in [-0.25, -0.2) is 0 Å². The summed E-state index contributed by atoms with van der Waals surface area (Å²) in [5.41, 5.74) is 3.01. The van der Waals surface area contributed by atoms with Gasteiger partial charge in [-0.05, 0) is 66.2 Å². The Balaban J connectivity index is 2.03. The molecule has 2 heteroatoms. The van der Waals surface area contributed by atoms with Crippen molar-refractivity contribution in [1.82, 2.24) is 10.2 Å². The van der Waals surface area contributed by atoms with Gasteiger partial charge in [-0.15, -0.1) is 0 Å². The van der Waals surface area contributed by atoms with E-state index in [1.807, 2.05) is 0 Å². The van der Waals surface area contributed by atoms with Gasteiger partial charge in [0.05, 0.1) is 0 Å². The number of unbranched alkanes of at least 4 members (excludes halogenated alkanes) is 3. The SMILES string of the molecule is Cc1ccc(CN(C)CCCCCCNC(C)(C)C)cc1. The highest BCUT2D eigenvalue weighted by Crippen LogP contribution is 2.08. The molecule has 1 aromatic rings. The number of nitrogens with zero attached hydrogens (tertiary/aromatic N) is 1. The van der Waals surface area contributed by atoms with Crippen molar-refractivity contribution in [3.63, 3.8) is 0 Å². The van der Waals surface area contributed by atoms with Crippen LogP contribution in [0.1, 0.15) is 57.6 Å². The maximum atomic E-state index is 3.55. The molecule has 0 aliphatic heterocycles. The van der Waals surface area contributed by atoms with Crippen LogP contribution in [-0.4, -0.2) is 30.6 Å². The average molecular weight is 290 g/mol. The molecule has 120 valence electrons. The second kappa shape index (κ2) is 9.22. The van der Waals surface area contributed by atoms with Crippen molar-refractivity contribution in [2.75, 3.05) is 20.1 Å². The molecule has 1 aromatic carbocycles. The molecule has 1 rings (SSSR count). The zero-order chi connectivity index (χ0) is 15.7. The lowest BCUT2D eigenvalue weighted by molar-refractivity contribution is 0.316. The van der Waals surface area contributed by atoms with Crippen molar-refractivity contribution in [3.8, 4) is 0 Å². The van der Waals surface area contributed by atoms with E-state index in [1.165, 1.54) is 43.4 Å². The molecule has 0 bridgehead atoms. The van der Waals surface area contributed by atoms with Crippen molar-refractivity contribution in [3.05, 3.63) is 35.4 Å². The minimum Gasteiger partial charge on any atom is -0.312 e. The monoisotopic (exact) mass is 290 g/mol. The lowest BCUT2D eigenvalue weighted by atomic mass is 10.1. The van der Waals surface area contributed by atoms with E-state index >= 15 is 0 Å². The summed E-state index contributed by atoms with van der Waals surface area (Å²) in [6.07, 6.45) is 5.27. The van der Waals surface area contributed by atoms with Gasteiger partial charge in [0.2, 0.25) is 0 Å². The molecule has 0 radical (unpaired) electrons. The third-order valence-corrected chi connectivity index (χ3v) is 3.70. The molecule has 0 aliphatic carbocycles. The Kier molecular flexibility index (Phi) is 7.98. The van der Waals surface area contributed by atoms with Gasteiger partial charge in [0.1, 0.15) is 0 Å². The number of aryl methyl sites for hydroxylation is 1. The number of hydrogen-bond donors (Lipinski definition) is 1. The molecule has 0 spiro atoms. The second-order valence-corrected chi connectivity index (χ2v) is 7.31. The number of rotatable bonds is 9. The van der Waals surface area contributed by atoms with Gasteiger partial charge in [-0.2, -0.15) is 0 Å². The van der Waals surface area contributed by atoms with Crippen LogP contribution >= 0.6 is 0 Å². The Hall–Kier alpha value is -0.860. The fourth-order valence-electron chi connectivity index (χ4n) is 2.41. The van der Waals surface area contributed by atoms with E-state index in [1.54, 1.807) is 0 Å². The lowest BCUT2D eigenvalue weighted by Gasteiger charge is -2.20. The van der Waals surface area contributed by atoms with Crippen LogP contribution in [0.3, 0.4) is 0 Å². The minimum atomic E-state index is 0.258. The van der Waals surface area contributed by atoms with E-state index in [0.717, 1.165) is 13.1 Å². The van der Waals surface area contributed by atoms with E-state index in [2.05, 4.69) is 69.2 Å². The largest absolute Gasteiger partial charge is 0.312 e. The summed E-state index contributed by atoms with van der Waals surface area (Å²) in [5, 5.41) is 3.55.